The zero-order valence-corrected chi connectivity index (χ0v) is 22.8. The Morgan fingerprint density at radius 3 is 2.56 bits per heavy atom. The number of hydrogen-bond donors (Lipinski definition) is 0. The maximum atomic E-state index is 13.3. The molecule has 0 aliphatic carbocycles. The van der Waals surface area contributed by atoms with Crippen LogP contribution in [0.1, 0.15) is 57.1 Å². The Labute approximate surface area is 223 Å². The van der Waals surface area contributed by atoms with Crippen molar-refractivity contribution in [3.8, 4) is 22.7 Å². The Bertz CT molecular complexity index is 1250. The maximum absolute atomic E-state index is 13.3. The molecule has 1 fully saturated rings. The van der Waals surface area contributed by atoms with E-state index in [0.717, 1.165) is 46.7 Å². The summed E-state index contributed by atoms with van der Waals surface area (Å²) in [4.78, 5) is 15.6. The van der Waals surface area contributed by atoms with Gasteiger partial charge < -0.3 is 4.74 Å². The summed E-state index contributed by atoms with van der Waals surface area (Å²) in [6.07, 6.45) is 9.65. The first kappa shape index (κ1) is 26.2. The molecule has 1 saturated heterocycles. The minimum Gasteiger partial charge on any atom is -0.494 e. The average Bonchev–Trinajstić information content (AvgIpc) is 3.41. The van der Waals surface area contributed by atoms with Crippen LogP contribution in [0.15, 0.2) is 59.6 Å². The van der Waals surface area contributed by atoms with Crippen LogP contribution in [0.3, 0.4) is 0 Å². The normalized spacial score (nSPS) is 14.8. The summed E-state index contributed by atoms with van der Waals surface area (Å²) in [7, 11) is 0. The second kappa shape index (κ2) is 12.4. The standard InChI is InChI=1S/C29H33N3O2S2/c1-4-6-7-8-12-17-31-28(33)26(36-29(31)35)19-22-20-32(23-13-10-9-11-14-23)30-27(22)25-16-15-24(34-5-2)18-21(25)3/h9-11,13-16,18-20H,4-8,12,17H2,1-3H3. The molecule has 2 heterocycles. The van der Waals surface area contributed by atoms with E-state index >= 15 is 0 Å². The lowest BCUT2D eigenvalue weighted by Crippen LogP contribution is -2.29. The third-order valence-electron chi connectivity index (χ3n) is 6.17. The molecule has 2 aromatic carbocycles. The van der Waals surface area contributed by atoms with Gasteiger partial charge in [0.1, 0.15) is 15.8 Å². The topological polar surface area (TPSA) is 47.4 Å². The highest BCUT2D eigenvalue weighted by atomic mass is 32.2. The number of ether oxygens (including phenoxy) is 1. The molecule has 36 heavy (non-hydrogen) atoms. The van der Waals surface area contributed by atoms with Crippen molar-refractivity contribution in [2.75, 3.05) is 13.2 Å². The maximum Gasteiger partial charge on any atom is 0.266 e. The molecule has 1 aliphatic heterocycles. The van der Waals surface area contributed by atoms with Gasteiger partial charge in [-0.15, -0.1) is 0 Å². The lowest BCUT2D eigenvalue weighted by Gasteiger charge is -2.13. The van der Waals surface area contributed by atoms with Crippen molar-refractivity contribution in [3.63, 3.8) is 0 Å². The van der Waals surface area contributed by atoms with Crippen LogP contribution < -0.4 is 4.74 Å². The van der Waals surface area contributed by atoms with E-state index < -0.39 is 0 Å². The second-order valence-electron chi connectivity index (χ2n) is 8.87. The van der Waals surface area contributed by atoms with Crippen LogP contribution in [0.4, 0.5) is 0 Å². The molecule has 0 spiro atoms. The van der Waals surface area contributed by atoms with Crippen LogP contribution in [-0.2, 0) is 4.79 Å². The molecular weight excluding hydrogens is 486 g/mol. The Morgan fingerprint density at radius 1 is 1.06 bits per heavy atom. The van der Waals surface area contributed by atoms with Gasteiger partial charge >= 0.3 is 0 Å². The number of nitrogens with zero attached hydrogens (tertiary/aromatic N) is 3. The third kappa shape index (κ3) is 6.08. The van der Waals surface area contributed by atoms with Crippen LogP contribution in [0.25, 0.3) is 23.0 Å². The Kier molecular flexibility index (Phi) is 8.99. The number of aryl methyl sites for hydroxylation is 1. The van der Waals surface area contributed by atoms with Crippen LogP contribution >= 0.6 is 24.0 Å². The number of carbonyl (C=O) groups excluding carboxylic acids is 1. The summed E-state index contributed by atoms with van der Waals surface area (Å²) in [5.74, 6) is 0.824. The van der Waals surface area contributed by atoms with Crippen molar-refractivity contribution in [1.82, 2.24) is 14.7 Å². The number of unbranched alkanes of at least 4 members (excludes halogenated alkanes) is 4. The van der Waals surface area contributed by atoms with Gasteiger partial charge in [-0.1, -0.05) is 74.8 Å². The lowest BCUT2D eigenvalue weighted by atomic mass is 10.0. The van der Waals surface area contributed by atoms with E-state index in [4.69, 9.17) is 22.1 Å². The summed E-state index contributed by atoms with van der Waals surface area (Å²) in [5, 5.41) is 4.93. The molecule has 5 nitrogen and oxygen atoms in total. The predicted molar refractivity (Wildman–Crippen MR) is 154 cm³/mol. The average molecular weight is 520 g/mol. The molecular formula is C29H33N3O2S2. The Hall–Kier alpha value is -2.90. The van der Waals surface area contributed by atoms with Gasteiger partial charge in [0.2, 0.25) is 0 Å². The van der Waals surface area contributed by atoms with Crippen molar-refractivity contribution in [2.45, 2.75) is 52.9 Å². The van der Waals surface area contributed by atoms with Gasteiger partial charge in [0, 0.05) is 23.9 Å². The van der Waals surface area contributed by atoms with Crippen LogP contribution in [0, 0.1) is 6.92 Å². The monoisotopic (exact) mass is 519 g/mol. The van der Waals surface area contributed by atoms with Gasteiger partial charge in [-0.3, -0.25) is 9.69 Å². The lowest BCUT2D eigenvalue weighted by molar-refractivity contribution is -0.122. The van der Waals surface area contributed by atoms with Crippen molar-refractivity contribution in [1.29, 1.82) is 0 Å². The first-order valence-electron chi connectivity index (χ1n) is 12.7. The van der Waals surface area contributed by atoms with Crippen LogP contribution in [0.2, 0.25) is 0 Å². The van der Waals surface area contributed by atoms with Crippen molar-refractivity contribution in [3.05, 3.63) is 70.8 Å². The minimum absolute atomic E-state index is 0.0117. The van der Waals surface area contributed by atoms with E-state index in [-0.39, 0.29) is 5.91 Å². The van der Waals surface area contributed by atoms with Gasteiger partial charge in [0.05, 0.1) is 17.2 Å². The Morgan fingerprint density at radius 2 is 1.83 bits per heavy atom. The fraction of sp³-hybridized carbons (Fsp3) is 0.345. The van der Waals surface area contributed by atoms with Crippen LogP contribution in [0.5, 0.6) is 5.75 Å². The van der Waals surface area contributed by atoms with Crippen molar-refractivity contribution < 1.29 is 9.53 Å². The van der Waals surface area contributed by atoms with Gasteiger partial charge in [-0.05, 0) is 62.2 Å². The molecule has 7 heteroatoms. The Balaban J connectivity index is 1.66. The first-order valence-corrected chi connectivity index (χ1v) is 13.9. The fourth-order valence-electron chi connectivity index (χ4n) is 4.28. The van der Waals surface area contributed by atoms with Gasteiger partial charge in [0.25, 0.3) is 5.91 Å². The summed E-state index contributed by atoms with van der Waals surface area (Å²) in [6, 6.07) is 16.0. The first-order chi connectivity index (χ1) is 17.5. The fourth-order valence-corrected chi connectivity index (χ4v) is 5.58. The number of carbonyl (C=O) groups is 1. The number of amides is 1. The van der Waals surface area contributed by atoms with E-state index in [2.05, 4.69) is 13.8 Å². The molecule has 1 aromatic heterocycles. The summed E-state index contributed by atoms with van der Waals surface area (Å²) < 4.78 is 8.18. The number of thiocarbonyl (C=S) groups is 1. The van der Waals surface area contributed by atoms with Crippen molar-refractivity contribution in [2.24, 2.45) is 0 Å². The van der Waals surface area contributed by atoms with Crippen molar-refractivity contribution >= 4 is 40.3 Å². The number of rotatable bonds is 11. The molecule has 0 radical (unpaired) electrons. The smallest absolute Gasteiger partial charge is 0.266 e. The molecule has 4 rings (SSSR count). The number of benzene rings is 2. The number of aromatic nitrogens is 2. The number of thioether (sulfide) groups is 1. The van der Waals surface area contributed by atoms with E-state index in [1.54, 1.807) is 4.90 Å². The highest BCUT2D eigenvalue weighted by molar-refractivity contribution is 8.26. The molecule has 0 atom stereocenters. The molecule has 0 N–H and O–H groups in total. The zero-order chi connectivity index (χ0) is 25.5. The second-order valence-corrected chi connectivity index (χ2v) is 10.5. The summed E-state index contributed by atoms with van der Waals surface area (Å²) in [5.41, 5.74) is 4.74. The van der Waals surface area contributed by atoms with E-state index in [0.29, 0.717) is 22.4 Å². The SMILES string of the molecule is CCCCCCCN1C(=O)C(=Cc2cn(-c3ccccc3)nc2-c2ccc(OCC)cc2C)SC1=S. The zero-order valence-electron chi connectivity index (χ0n) is 21.2. The molecule has 3 aromatic rings. The molecule has 1 amide bonds. The third-order valence-corrected chi connectivity index (χ3v) is 7.55. The van der Waals surface area contributed by atoms with E-state index in [9.17, 15) is 4.79 Å². The highest BCUT2D eigenvalue weighted by Gasteiger charge is 2.32. The minimum atomic E-state index is -0.0117. The van der Waals surface area contributed by atoms with Gasteiger partial charge in [0.15, 0.2) is 0 Å². The molecule has 188 valence electrons. The number of para-hydroxylation sites is 1. The predicted octanol–water partition coefficient (Wildman–Crippen LogP) is 7.42. The molecule has 0 saturated carbocycles. The quantitative estimate of drug-likeness (QED) is 0.150. The molecule has 0 unspecified atom stereocenters. The van der Waals surface area contributed by atoms with Crippen LogP contribution in [-0.4, -0.2) is 38.1 Å². The molecule has 0 bridgehead atoms. The van der Waals surface area contributed by atoms with E-state index in [1.165, 1.54) is 31.0 Å². The van der Waals surface area contributed by atoms with Gasteiger partial charge in [-0.2, -0.15) is 5.10 Å². The highest BCUT2D eigenvalue weighted by Crippen LogP contribution is 2.36. The molecule has 1 aliphatic rings. The van der Waals surface area contributed by atoms with Gasteiger partial charge in [-0.25, -0.2) is 4.68 Å². The van der Waals surface area contributed by atoms with E-state index in [1.807, 2.05) is 72.4 Å². The summed E-state index contributed by atoms with van der Waals surface area (Å²) >= 11 is 6.95. The summed E-state index contributed by atoms with van der Waals surface area (Å²) in [6.45, 7) is 7.54. The number of hydrogen-bond acceptors (Lipinski definition) is 5. The largest absolute Gasteiger partial charge is 0.494 e.